The number of amides is 2. The standard InChI is InChI=1S/C19H22ClN3O3/c1-13(19(25)22-16-6-4-5-7-17(16)26-3)23(2)12-18(24)21-15-10-8-14(20)9-11-15/h4-11,13H,12H2,1-3H3,(H,21,24)(H,22,25)/t13-/m0/s1. The summed E-state index contributed by atoms with van der Waals surface area (Å²) in [6.07, 6.45) is 0. The van der Waals surface area contributed by atoms with Crippen LogP contribution in [0.15, 0.2) is 48.5 Å². The number of nitrogens with one attached hydrogen (secondary N) is 2. The normalized spacial score (nSPS) is 11.7. The van der Waals surface area contributed by atoms with E-state index in [2.05, 4.69) is 10.6 Å². The van der Waals surface area contributed by atoms with Gasteiger partial charge in [0.1, 0.15) is 5.75 Å². The molecular formula is C19H22ClN3O3. The Morgan fingerprint density at radius 2 is 1.77 bits per heavy atom. The Balaban J connectivity index is 1.91. The van der Waals surface area contributed by atoms with E-state index in [1.165, 1.54) is 0 Å². The first-order valence-electron chi connectivity index (χ1n) is 8.10. The van der Waals surface area contributed by atoms with Gasteiger partial charge in [0.25, 0.3) is 0 Å². The molecule has 2 aromatic carbocycles. The van der Waals surface area contributed by atoms with Gasteiger partial charge in [0.15, 0.2) is 0 Å². The molecule has 0 aliphatic rings. The van der Waals surface area contributed by atoms with E-state index in [9.17, 15) is 9.59 Å². The predicted molar refractivity (Wildman–Crippen MR) is 104 cm³/mol. The van der Waals surface area contributed by atoms with Crippen LogP contribution in [0.4, 0.5) is 11.4 Å². The number of halogens is 1. The number of ether oxygens (including phenoxy) is 1. The SMILES string of the molecule is COc1ccccc1NC(=O)[C@H](C)N(C)CC(=O)Nc1ccc(Cl)cc1. The van der Waals surface area contributed by atoms with Crippen molar-refractivity contribution in [3.63, 3.8) is 0 Å². The van der Waals surface area contributed by atoms with Gasteiger partial charge in [-0.05, 0) is 50.4 Å². The number of benzene rings is 2. The highest BCUT2D eigenvalue weighted by Crippen LogP contribution is 2.23. The summed E-state index contributed by atoms with van der Waals surface area (Å²) in [6, 6.07) is 13.5. The Labute approximate surface area is 158 Å². The maximum atomic E-state index is 12.4. The molecule has 26 heavy (non-hydrogen) atoms. The summed E-state index contributed by atoms with van der Waals surface area (Å²) >= 11 is 5.82. The topological polar surface area (TPSA) is 70.7 Å². The van der Waals surface area contributed by atoms with E-state index in [4.69, 9.17) is 16.3 Å². The molecule has 7 heteroatoms. The Morgan fingerprint density at radius 1 is 1.12 bits per heavy atom. The van der Waals surface area contributed by atoms with Crippen molar-refractivity contribution in [2.75, 3.05) is 31.3 Å². The molecule has 0 saturated carbocycles. The number of nitrogens with zero attached hydrogens (tertiary/aromatic N) is 1. The van der Waals surface area contributed by atoms with Gasteiger partial charge in [-0.15, -0.1) is 0 Å². The largest absolute Gasteiger partial charge is 0.495 e. The lowest BCUT2D eigenvalue weighted by atomic mass is 10.2. The number of para-hydroxylation sites is 2. The van der Waals surface area contributed by atoms with E-state index in [1.807, 2.05) is 12.1 Å². The van der Waals surface area contributed by atoms with Gasteiger partial charge in [-0.1, -0.05) is 23.7 Å². The molecule has 2 rings (SSSR count). The van der Waals surface area contributed by atoms with E-state index in [-0.39, 0.29) is 18.4 Å². The van der Waals surface area contributed by atoms with Crippen LogP contribution < -0.4 is 15.4 Å². The Hall–Kier alpha value is -2.57. The average Bonchev–Trinajstić information content (AvgIpc) is 2.63. The number of methoxy groups -OCH3 is 1. The fourth-order valence-electron chi connectivity index (χ4n) is 2.28. The minimum absolute atomic E-state index is 0.0726. The Kier molecular flexibility index (Phi) is 7.00. The fourth-order valence-corrected chi connectivity index (χ4v) is 2.41. The van der Waals surface area contributed by atoms with Gasteiger partial charge in [-0.2, -0.15) is 0 Å². The monoisotopic (exact) mass is 375 g/mol. The summed E-state index contributed by atoms with van der Waals surface area (Å²) in [5.74, 6) is 0.138. The van der Waals surface area contributed by atoms with Crippen LogP contribution >= 0.6 is 11.6 Å². The second kappa shape index (κ2) is 9.22. The summed E-state index contributed by atoms with van der Waals surface area (Å²) in [7, 11) is 3.26. The molecular weight excluding hydrogens is 354 g/mol. The van der Waals surface area contributed by atoms with Crippen molar-refractivity contribution in [3.05, 3.63) is 53.6 Å². The third-order valence-corrected chi connectivity index (χ3v) is 4.18. The maximum Gasteiger partial charge on any atom is 0.241 e. The van der Waals surface area contributed by atoms with Crippen molar-refractivity contribution < 1.29 is 14.3 Å². The molecule has 0 aliphatic carbocycles. The van der Waals surface area contributed by atoms with Crippen molar-refractivity contribution in [2.45, 2.75) is 13.0 Å². The van der Waals surface area contributed by atoms with Gasteiger partial charge in [-0.25, -0.2) is 0 Å². The number of hydrogen-bond acceptors (Lipinski definition) is 4. The van der Waals surface area contributed by atoms with Gasteiger partial charge in [0.05, 0.1) is 25.4 Å². The van der Waals surface area contributed by atoms with Gasteiger partial charge >= 0.3 is 0 Å². The third-order valence-electron chi connectivity index (χ3n) is 3.93. The summed E-state index contributed by atoms with van der Waals surface area (Å²) in [4.78, 5) is 26.3. The Bertz CT molecular complexity index is 765. The molecule has 1 atom stereocenters. The summed E-state index contributed by atoms with van der Waals surface area (Å²) < 4.78 is 5.22. The third kappa shape index (κ3) is 5.47. The molecule has 0 heterocycles. The Morgan fingerprint density at radius 3 is 2.42 bits per heavy atom. The minimum atomic E-state index is -0.504. The molecule has 0 aliphatic heterocycles. The molecule has 0 saturated heterocycles. The lowest BCUT2D eigenvalue weighted by molar-refractivity contribution is -0.122. The van der Waals surface area contributed by atoms with Crippen LogP contribution in [0.5, 0.6) is 5.75 Å². The number of carbonyl (C=O) groups is 2. The van der Waals surface area contributed by atoms with Crippen molar-refractivity contribution >= 4 is 34.8 Å². The molecule has 2 amide bonds. The van der Waals surface area contributed by atoms with Crippen LogP contribution in [0.25, 0.3) is 0 Å². The number of hydrogen-bond donors (Lipinski definition) is 2. The smallest absolute Gasteiger partial charge is 0.241 e. The van der Waals surface area contributed by atoms with Crippen molar-refractivity contribution in [2.24, 2.45) is 0 Å². The maximum absolute atomic E-state index is 12.4. The van der Waals surface area contributed by atoms with Crippen LogP contribution in [0.3, 0.4) is 0 Å². The summed E-state index contributed by atoms with van der Waals surface area (Å²) in [6.45, 7) is 1.81. The molecule has 0 unspecified atom stereocenters. The van der Waals surface area contributed by atoms with E-state index in [1.54, 1.807) is 62.4 Å². The van der Waals surface area contributed by atoms with E-state index in [0.717, 1.165) is 0 Å². The highest BCUT2D eigenvalue weighted by molar-refractivity contribution is 6.30. The molecule has 6 nitrogen and oxygen atoms in total. The zero-order valence-corrected chi connectivity index (χ0v) is 15.7. The zero-order chi connectivity index (χ0) is 19.1. The van der Waals surface area contributed by atoms with Crippen molar-refractivity contribution in [3.8, 4) is 5.75 Å². The molecule has 138 valence electrons. The van der Waals surface area contributed by atoms with E-state index in [0.29, 0.717) is 22.1 Å². The molecule has 0 spiro atoms. The molecule has 0 radical (unpaired) electrons. The second-order valence-corrected chi connectivity index (χ2v) is 6.27. The minimum Gasteiger partial charge on any atom is -0.495 e. The van der Waals surface area contributed by atoms with Gasteiger partial charge < -0.3 is 15.4 Å². The number of rotatable bonds is 7. The molecule has 0 fully saturated rings. The fraction of sp³-hybridized carbons (Fsp3) is 0.263. The summed E-state index contributed by atoms with van der Waals surface area (Å²) in [5.41, 5.74) is 1.24. The molecule has 2 aromatic rings. The highest BCUT2D eigenvalue weighted by atomic mass is 35.5. The molecule has 2 N–H and O–H groups in total. The first kappa shape index (κ1) is 19.8. The van der Waals surface area contributed by atoms with Gasteiger partial charge in [-0.3, -0.25) is 14.5 Å². The van der Waals surface area contributed by atoms with Crippen LogP contribution in [0, 0.1) is 0 Å². The summed E-state index contributed by atoms with van der Waals surface area (Å²) in [5, 5.41) is 6.19. The van der Waals surface area contributed by atoms with E-state index >= 15 is 0 Å². The molecule has 0 bridgehead atoms. The van der Waals surface area contributed by atoms with Gasteiger partial charge in [0.2, 0.25) is 11.8 Å². The molecule has 0 aromatic heterocycles. The number of likely N-dealkylation sites (N-methyl/N-ethyl adjacent to an activating group) is 1. The lowest BCUT2D eigenvalue weighted by Gasteiger charge is -2.23. The van der Waals surface area contributed by atoms with Crippen LogP contribution in [-0.4, -0.2) is 43.5 Å². The first-order chi connectivity index (χ1) is 12.4. The predicted octanol–water partition coefficient (Wildman–Crippen LogP) is 3.25. The van der Waals surface area contributed by atoms with Crippen LogP contribution in [0.1, 0.15) is 6.92 Å². The first-order valence-corrected chi connectivity index (χ1v) is 8.48. The second-order valence-electron chi connectivity index (χ2n) is 5.84. The zero-order valence-electron chi connectivity index (χ0n) is 15.0. The quantitative estimate of drug-likeness (QED) is 0.779. The highest BCUT2D eigenvalue weighted by Gasteiger charge is 2.21. The van der Waals surface area contributed by atoms with E-state index < -0.39 is 6.04 Å². The van der Waals surface area contributed by atoms with Crippen molar-refractivity contribution in [1.82, 2.24) is 4.90 Å². The lowest BCUT2D eigenvalue weighted by Crippen LogP contribution is -2.43. The average molecular weight is 376 g/mol. The number of carbonyl (C=O) groups excluding carboxylic acids is 2. The van der Waals surface area contributed by atoms with Crippen molar-refractivity contribution in [1.29, 1.82) is 0 Å². The van der Waals surface area contributed by atoms with Crippen LogP contribution in [-0.2, 0) is 9.59 Å². The van der Waals surface area contributed by atoms with Gasteiger partial charge in [0, 0.05) is 10.7 Å². The number of anilines is 2. The van der Waals surface area contributed by atoms with Crippen LogP contribution in [0.2, 0.25) is 5.02 Å².